The predicted octanol–water partition coefficient (Wildman–Crippen LogP) is 5.52. The van der Waals surface area contributed by atoms with Crippen molar-refractivity contribution in [3.05, 3.63) is 64.8 Å². The second-order valence-corrected chi connectivity index (χ2v) is 11.3. The monoisotopic (exact) mass is 479 g/mol. The number of rotatable bonds is 5. The van der Waals surface area contributed by atoms with Gasteiger partial charge in [-0.25, -0.2) is 4.98 Å². The third-order valence-corrected chi connectivity index (χ3v) is 7.05. The van der Waals surface area contributed by atoms with E-state index in [1.54, 1.807) is 6.20 Å². The Morgan fingerprint density at radius 2 is 1.88 bits per heavy atom. The fourth-order valence-corrected chi connectivity index (χ4v) is 5.30. The lowest BCUT2D eigenvalue weighted by atomic mass is 9.86. The molecule has 3 heterocycles. The lowest BCUT2D eigenvalue weighted by Gasteiger charge is -2.28. The molecule has 0 radical (unpaired) electrons. The van der Waals surface area contributed by atoms with E-state index in [0.29, 0.717) is 17.8 Å². The second kappa shape index (κ2) is 9.67. The Labute approximate surface area is 207 Å². The van der Waals surface area contributed by atoms with Gasteiger partial charge in [0.2, 0.25) is 5.88 Å². The molecule has 3 aromatic rings. The van der Waals surface area contributed by atoms with Crippen molar-refractivity contribution in [3.63, 3.8) is 0 Å². The largest absolute Gasteiger partial charge is 0.474 e. The molecule has 7 heteroatoms. The summed E-state index contributed by atoms with van der Waals surface area (Å²) in [6.07, 6.45) is 7.82. The van der Waals surface area contributed by atoms with Gasteiger partial charge in [-0.1, -0.05) is 38.4 Å². The third kappa shape index (κ3) is 5.28. The normalized spacial score (nSPS) is 22.5. The average Bonchev–Trinajstić information content (AvgIpc) is 3.14. The van der Waals surface area contributed by atoms with Gasteiger partial charge in [-0.05, 0) is 67.3 Å². The number of halogens is 1. The predicted molar refractivity (Wildman–Crippen MR) is 135 cm³/mol. The van der Waals surface area contributed by atoms with Gasteiger partial charge in [0.25, 0.3) is 0 Å². The van der Waals surface area contributed by atoms with Crippen molar-refractivity contribution in [2.45, 2.75) is 77.4 Å². The van der Waals surface area contributed by atoms with Gasteiger partial charge in [0.15, 0.2) is 0 Å². The van der Waals surface area contributed by atoms with Crippen LogP contribution in [0.4, 0.5) is 0 Å². The maximum atomic E-state index is 6.42. The topological polar surface area (TPSA) is 64.9 Å². The van der Waals surface area contributed by atoms with Crippen molar-refractivity contribution in [2.75, 3.05) is 6.54 Å². The zero-order valence-electron chi connectivity index (χ0n) is 20.3. The van der Waals surface area contributed by atoms with E-state index in [4.69, 9.17) is 26.5 Å². The van der Waals surface area contributed by atoms with Crippen LogP contribution < -0.4 is 10.1 Å². The number of pyridine rings is 1. The quantitative estimate of drug-likeness (QED) is 0.521. The van der Waals surface area contributed by atoms with Crippen molar-refractivity contribution >= 4 is 11.6 Å². The minimum absolute atomic E-state index is 0.203. The molecule has 6 nitrogen and oxygen atoms in total. The molecule has 1 aliphatic heterocycles. The van der Waals surface area contributed by atoms with Crippen LogP contribution in [0.2, 0.25) is 5.02 Å². The fraction of sp³-hybridized carbons (Fsp3) is 0.519. The Hall–Kier alpha value is -2.44. The molecule has 1 aliphatic carbocycles. The molecular formula is C27H34ClN5O. The number of aromatic nitrogens is 4. The van der Waals surface area contributed by atoms with E-state index in [1.807, 2.05) is 24.3 Å². The van der Waals surface area contributed by atoms with Crippen LogP contribution in [0.1, 0.15) is 69.6 Å². The van der Waals surface area contributed by atoms with Crippen molar-refractivity contribution < 1.29 is 4.74 Å². The molecule has 1 atom stereocenters. The van der Waals surface area contributed by atoms with Crippen molar-refractivity contribution in [1.82, 2.24) is 25.1 Å². The number of fused-ring (bicyclic) bond motifs is 3. The highest BCUT2D eigenvalue weighted by molar-refractivity contribution is 6.30. The number of nitrogens with zero attached hydrogens (tertiary/aromatic N) is 4. The molecule has 1 N–H and O–H groups in total. The minimum Gasteiger partial charge on any atom is -0.474 e. The van der Waals surface area contributed by atoms with E-state index in [1.165, 1.54) is 11.3 Å². The Balaban J connectivity index is 1.37. The van der Waals surface area contributed by atoms with Gasteiger partial charge in [0.1, 0.15) is 17.8 Å². The molecule has 0 spiro atoms. The van der Waals surface area contributed by atoms with E-state index in [-0.39, 0.29) is 11.5 Å². The molecule has 0 bridgehead atoms. The summed E-state index contributed by atoms with van der Waals surface area (Å²) in [5.74, 6) is 3.19. The van der Waals surface area contributed by atoms with Gasteiger partial charge in [0.05, 0.1) is 5.69 Å². The second-order valence-electron chi connectivity index (χ2n) is 10.9. The maximum absolute atomic E-state index is 6.42. The first-order valence-corrected chi connectivity index (χ1v) is 12.8. The highest BCUT2D eigenvalue weighted by Crippen LogP contribution is 2.37. The lowest BCUT2D eigenvalue weighted by molar-refractivity contribution is 0.139. The first-order valence-electron chi connectivity index (χ1n) is 12.4. The standard InChI is InChI=1S/C27H34ClN5O/c1-27(2,3)17-30-21-15-19-14-20(28)9-12-23(19)33-24(16-21)31-32-26(33)18-7-10-22(11-8-18)34-25-6-4-5-13-29-25/h4-6,9,12-14,18,21-22,30H,7-8,10-11,15-17H2,1-3H3/t18-,21-,22-/m0/s1. The van der Waals surface area contributed by atoms with Crippen molar-refractivity contribution in [2.24, 2.45) is 5.41 Å². The summed E-state index contributed by atoms with van der Waals surface area (Å²) in [5, 5.41) is 14.0. The van der Waals surface area contributed by atoms with Crippen molar-refractivity contribution in [3.8, 4) is 11.6 Å². The number of nitrogens with one attached hydrogen (secondary N) is 1. The summed E-state index contributed by atoms with van der Waals surface area (Å²) < 4.78 is 8.43. The molecule has 2 aromatic heterocycles. The van der Waals surface area contributed by atoms with Gasteiger partial charge < -0.3 is 10.1 Å². The first kappa shape index (κ1) is 23.3. The SMILES string of the molecule is CC(C)(C)CN[C@H]1Cc2cc(Cl)ccc2-n2c(nnc2[C@H]2CC[C@H](Oc3ccccn3)CC2)C1. The minimum atomic E-state index is 0.203. The number of hydrogen-bond donors (Lipinski definition) is 1. The summed E-state index contributed by atoms with van der Waals surface area (Å²) in [6, 6.07) is 12.3. The van der Waals surface area contributed by atoms with E-state index in [0.717, 1.165) is 61.7 Å². The number of ether oxygens (including phenoxy) is 1. The maximum Gasteiger partial charge on any atom is 0.213 e. The summed E-state index contributed by atoms with van der Waals surface area (Å²) in [7, 11) is 0. The van der Waals surface area contributed by atoms with Gasteiger partial charge in [-0.15, -0.1) is 10.2 Å². The summed E-state index contributed by atoms with van der Waals surface area (Å²) in [4.78, 5) is 4.31. The van der Waals surface area contributed by atoms with E-state index >= 15 is 0 Å². The molecule has 34 heavy (non-hydrogen) atoms. The smallest absolute Gasteiger partial charge is 0.213 e. The van der Waals surface area contributed by atoms with Gasteiger partial charge >= 0.3 is 0 Å². The average molecular weight is 480 g/mol. The summed E-state index contributed by atoms with van der Waals surface area (Å²) in [5.41, 5.74) is 2.65. The fourth-order valence-electron chi connectivity index (χ4n) is 5.10. The highest BCUT2D eigenvalue weighted by atomic mass is 35.5. The summed E-state index contributed by atoms with van der Waals surface area (Å²) >= 11 is 6.42. The number of benzene rings is 1. The van der Waals surface area contributed by atoms with E-state index in [9.17, 15) is 0 Å². The Bertz CT molecular complexity index is 1120. The molecule has 5 rings (SSSR count). The van der Waals surface area contributed by atoms with Crippen molar-refractivity contribution in [1.29, 1.82) is 0 Å². The Morgan fingerprint density at radius 3 is 2.62 bits per heavy atom. The molecule has 1 saturated carbocycles. The van der Waals surface area contributed by atoms with E-state index < -0.39 is 0 Å². The van der Waals surface area contributed by atoms with Gasteiger partial charge in [0, 0.05) is 42.2 Å². The zero-order chi connectivity index (χ0) is 23.7. The molecular weight excluding hydrogens is 446 g/mol. The summed E-state index contributed by atoms with van der Waals surface area (Å²) in [6.45, 7) is 7.73. The van der Waals surface area contributed by atoms with Gasteiger partial charge in [-0.2, -0.15) is 0 Å². The molecule has 0 amide bonds. The lowest BCUT2D eigenvalue weighted by Crippen LogP contribution is -2.38. The van der Waals surface area contributed by atoms with Crippen LogP contribution in [0, 0.1) is 5.41 Å². The van der Waals surface area contributed by atoms with Gasteiger partial charge in [-0.3, -0.25) is 4.57 Å². The van der Waals surface area contributed by atoms with Crippen LogP contribution in [0.15, 0.2) is 42.6 Å². The molecule has 1 fully saturated rings. The molecule has 2 aliphatic rings. The molecule has 0 saturated heterocycles. The number of hydrogen-bond acceptors (Lipinski definition) is 5. The Kier molecular flexibility index (Phi) is 6.63. The van der Waals surface area contributed by atoms with Crippen LogP contribution in [0.3, 0.4) is 0 Å². The van der Waals surface area contributed by atoms with Crippen LogP contribution >= 0.6 is 11.6 Å². The van der Waals surface area contributed by atoms with Crippen LogP contribution in [-0.4, -0.2) is 38.4 Å². The third-order valence-electron chi connectivity index (χ3n) is 6.82. The Morgan fingerprint density at radius 1 is 1.06 bits per heavy atom. The highest BCUT2D eigenvalue weighted by Gasteiger charge is 2.32. The zero-order valence-corrected chi connectivity index (χ0v) is 21.1. The molecule has 1 aromatic carbocycles. The van der Waals surface area contributed by atoms with E-state index in [2.05, 4.69) is 47.8 Å². The molecule has 0 unspecified atom stereocenters. The van der Waals surface area contributed by atoms with Crippen LogP contribution in [-0.2, 0) is 12.8 Å². The van der Waals surface area contributed by atoms with Crippen LogP contribution in [0.25, 0.3) is 5.69 Å². The first-order chi connectivity index (χ1) is 16.4. The molecule has 180 valence electrons. The van der Waals surface area contributed by atoms with Crippen LogP contribution in [0.5, 0.6) is 5.88 Å².